The Bertz CT molecular complexity index is 941. The zero-order valence-electron chi connectivity index (χ0n) is 18.2. The normalized spacial score (nSPS) is 11.1. The van der Waals surface area contributed by atoms with E-state index in [1.165, 1.54) is 30.9 Å². The van der Waals surface area contributed by atoms with Gasteiger partial charge in [0.25, 0.3) is 0 Å². The molecule has 0 aliphatic heterocycles. The number of hydrogen-bond acceptors (Lipinski definition) is 0. The lowest BCUT2D eigenvalue weighted by Crippen LogP contribution is -1.93. The number of hydrogen-bond donors (Lipinski definition) is 0. The molecule has 0 bridgehead atoms. The van der Waals surface area contributed by atoms with E-state index in [2.05, 4.69) is 26.0 Å². The zero-order valence-corrected chi connectivity index (χ0v) is 18.2. The lowest BCUT2D eigenvalue weighted by atomic mass is 9.96. The predicted molar refractivity (Wildman–Crippen MR) is 124 cm³/mol. The summed E-state index contributed by atoms with van der Waals surface area (Å²) in [4.78, 5) is 0. The van der Waals surface area contributed by atoms with Gasteiger partial charge in [0.1, 0.15) is 11.6 Å². The van der Waals surface area contributed by atoms with E-state index in [4.69, 9.17) is 0 Å². The maximum Gasteiger partial charge on any atom is 0.131 e. The summed E-state index contributed by atoms with van der Waals surface area (Å²) in [6, 6.07) is 18.6. The van der Waals surface area contributed by atoms with E-state index < -0.39 is 5.82 Å². The average Bonchev–Trinajstić information content (AvgIpc) is 2.75. The molecule has 0 aliphatic carbocycles. The first kappa shape index (κ1) is 22.2. The lowest BCUT2D eigenvalue weighted by Gasteiger charge is -2.10. The van der Waals surface area contributed by atoms with Gasteiger partial charge < -0.3 is 0 Å². The highest BCUT2D eigenvalue weighted by atomic mass is 19.1. The van der Waals surface area contributed by atoms with Crippen LogP contribution in [-0.4, -0.2) is 0 Å². The molecule has 0 fully saturated rings. The molecular formula is C28H32F2. The van der Waals surface area contributed by atoms with Crippen LogP contribution in [0.2, 0.25) is 0 Å². The van der Waals surface area contributed by atoms with Gasteiger partial charge >= 0.3 is 0 Å². The van der Waals surface area contributed by atoms with E-state index in [0.29, 0.717) is 11.1 Å². The molecule has 0 aromatic heterocycles. The first-order valence-electron chi connectivity index (χ1n) is 11.3. The Hall–Kier alpha value is -2.48. The molecule has 0 spiro atoms. The lowest BCUT2D eigenvalue weighted by molar-refractivity contribution is 0.614. The van der Waals surface area contributed by atoms with Gasteiger partial charge in [-0.3, -0.25) is 0 Å². The quantitative estimate of drug-likeness (QED) is 0.295. The molecule has 2 heteroatoms. The van der Waals surface area contributed by atoms with Crippen LogP contribution in [-0.2, 0) is 12.8 Å². The average molecular weight is 407 g/mol. The summed E-state index contributed by atoms with van der Waals surface area (Å²) < 4.78 is 29.5. The van der Waals surface area contributed by atoms with Gasteiger partial charge in [0.2, 0.25) is 0 Å². The topological polar surface area (TPSA) is 0 Å². The maximum atomic E-state index is 14.9. The molecule has 0 saturated carbocycles. The van der Waals surface area contributed by atoms with Gasteiger partial charge in [-0.05, 0) is 60.1 Å². The summed E-state index contributed by atoms with van der Waals surface area (Å²) in [5.74, 6) is -0.746. The molecule has 158 valence electrons. The van der Waals surface area contributed by atoms with Crippen LogP contribution in [0, 0.1) is 11.6 Å². The molecule has 0 N–H and O–H groups in total. The third-order valence-corrected chi connectivity index (χ3v) is 5.72. The van der Waals surface area contributed by atoms with Crippen LogP contribution in [0.1, 0.15) is 63.5 Å². The van der Waals surface area contributed by atoms with Crippen molar-refractivity contribution in [2.24, 2.45) is 0 Å². The molecule has 0 nitrogen and oxygen atoms in total. The van der Waals surface area contributed by atoms with Crippen LogP contribution in [0.25, 0.3) is 22.3 Å². The summed E-state index contributed by atoms with van der Waals surface area (Å²) in [7, 11) is 0. The Labute approximate surface area is 180 Å². The minimum absolute atomic E-state index is 0.313. The van der Waals surface area contributed by atoms with Crippen LogP contribution in [0.5, 0.6) is 0 Å². The number of rotatable bonds is 10. The van der Waals surface area contributed by atoms with Crippen molar-refractivity contribution >= 4 is 0 Å². The van der Waals surface area contributed by atoms with E-state index in [1.54, 1.807) is 18.2 Å². The van der Waals surface area contributed by atoms with Crippen molar-refractivity contribution in [1.82, 2.24) is 0 Å². The second-order valence-corrected chi connectivity index (χ2v) is 8.12. The fraction of sp³-hybridized carbons (Fsp3) is 0.357. The second-order valence-electron chi connectivity index (χ2n) is 8.12. The Morgan fingerprint density at radius 1 is 0.533 bits per heavy atom. The Kier molecular flexibility index (Phi) is 8.19. The van der Waals surface area contributed by atoms with Gasteiger partial charge in [-0.1, -0.05) is 88.1 Å². The molecule has 0 amide bonds. The fourth-order valence-electron chi connectivity index (χ4n) is 3.87. The molecule has 30 heavy (non-hydrogen) atoms. The van der Waals surface area contributed by atoms with Crippen molar-refractivity contribution in [3.63, 3.8) is 0 Å². The molecule has 0 radical (unpaired) electrons. The van der Waals surface area contributed by atoms with Crippen LogP contribution in [0.3, 0.4) is 0 Å². The molecule has 3 aromatic carbocycles. The van der Waals surface area contributed by atoms with E-state index >= 15 is 0 Å². The summed E-state index contributed by atoms with van der Waals surface area (Å²) in [5.41, 5.74) is 4.71. The third kappa shape index (κ3) is 5.78. The summed E-state index contributed by atoms with van der Waals surface area (Å²) in [6.07, 6.45) is 8.92. The van der Waals surface area contributed by atoms with Crippen molar-refractivity contribution in [2.75, 3.05) is 0 Å². The smallest absolute Gasteiger partial charge is 0.131 e. The van der Waals surface area contributed by atoms with Crippen LogP contribution >= 0.6 is 0 Å². The van der Waals surface area contributed by atoms with Crippen molar-refractivity contribution in [3.8, 4) is 22.3 Å². The minimum atomic E-state index is -0.392. The molecule has 0 heterocycles. The van der Waals surface area contributed by atoms with Crippen LogP contribution < -0.4 is 0 Å². The SMILES string of the molecule is CCCCCc1ccc(-c2ccc(-c3ccc(CCCCC)cc3F)c(F)c2)cc1. The molecule has 0 aliphatic rings. The Morgan fingerprint density at radius 2 is 1.03 bits per heavy atom. The van der Waals surface area contributed by atoms with Gasteiger partial charge in [0.15, 0.2) is 0 Å². The highest BCUT2D eigenvalue weighted by Crippen LogP contribution is 2.30. The third-order valence-electron chi connectivity index (χ3n) is 5.72. The molecule has 0 saturated heterocycles. The number of aryl methyl sites for hydroxylation is 2. The number of halogens is 2. The second kappa shape index (κ2) is 11.1. The van der Waals surface area contributed by atoms with Gasteiger partial charge in [0.05, 0.1) is 0 Å². The first-order valence-corrected chi connectivity index (χ1v) is 11.3. The Morgan fingerprint density at radius 3 is 1.60 bits per heavy atom. The maximum absolute atomic E-state index is 14.9. The van der Waals surface area contributed by atoms with Crippen molar-refractivity contribution in [1.29, 1.82) is 0 Å². The van der Waals surface area contributed by atoms with Gasteiger partial charge in [-0.25, -0.2) is 8.78 Å². The van der Waals surface area contributed by atoms with Gasteiger partial charge in [-0.15, -0.1) is 0 Å². The molecule has 3 aromatic rings. The fourth-order valence-corrected chi connectivity index (χ4v) is 3.87. The molecule has 0 unspecified atom stereocenters. The van der Waals surface area contributed by atoms with E-state index in [0.717, 1.165) is 48.8 Å². The number of unbranched alkanes of at least 4 members (excludes halogenated alkanes) is 4. The van der Waals surface area contributed by atoms with Crippen molar-refractivity contribution < 1.29 is 8.78 Å². The zero-order chi connectivity index (χ0) is 21.3. The highest BCUT2D eigenvalue weighted by molar-refractivity contribution is 5.71. The van der Waals surface area contributed by atoms with E-state index in [1.807, 2.05) is 24.3 Å². The van der Waals surface area contributed by atoms with E-state index in [9.17, 15) is 8.78 Å². The van der Waals surface area contributed by atoms with Crippen molar-refractivity contribution in [2.45, 2.75) is 65.2 Å². The van der Waals surface area contributed by atoms with Crippen LogP contribution in [0.15, 0.2) is 60.7 Å². The first-order chi connectivity index (χ1) is 14.6. The Balaban J connectivity index is 1.75. The standard InChI is InChI=1S/C28H32F2/c1-3-5-7-9-21-11-14-23(15-12-21)24-16-18-26(28(30)20-24)25-17-13-22(19-27(25)29)10-8-6-4-2/h11-20H,3-10H2,1-2H3. The highest BCUT2D eigenvalue weighted by Gasteiger charge is 2.12. The largest absolute Gasteiger partial charge is 0.206 e. The summed E-state index contributed by atoms with van der Waals surface area (Å²) in [6.45, 7) is 4.35. The molecule has 3 rings (SSSR count). The molecule has 0 atom stereocenters. The van der Waals surface area contributed by atoms with Crippen molar-refractivity contribution in [3.05, 3.63) is 83.4 Å². The van der Waals surface area contributed by atoms with Gasteiger partial charge in [0, 0.05) is 11.1 Å². The van der Waals surface area contributed by atoms with Crippen LogP contribution in [0.4, 0.5) is 8.78 Å². The molecular weight excluding hydrogens is 374 g/mol. The minimum Gasteiger partial charge on any atom is -0.206 e. The monoisotopic (exact) mass is 406 g/mol. The predicted octanol–water partition coefficient (Wildman–Crippen LogP) is 8.76. The number of benzene rings is 3. The van der Waals surface area contributed by atoms with Gasteiger partial charge in [-0.2, -0.15) is 0 Å². The summed E-state index contributed by atoms with van der Waals surface area (Å²) >= 11 is 0. The summed E-state index contributed by atoms with van der Waals surface area (Å²) in [5, 5.41) is 0. The van der Waals surface area contributed by atoms with E-state index in [-0.39, 0.29) is 5.82 Å².